The lowest BCUT2D eigenvalue weighted by atomic mass is 9.89. The first kappa shape index (κ1) is 34.6. The molecule has 0 amide bonds. The summed E-state index contributed by atoms with van der Waals surface area (Å²) >= 11 is 0. The summed E-state index contributed by atoms with van der Waals surface area (Å²) in [5, 5.41) is 9.53. The SMILES string of the molecule is CC#CCC(C)[C@@H](/C=C/[C@@H]1[C@H]2C/C(=C/CCCCO)C[C@H]2C[C@H]1O[Si](C)(C)C(C)(C)C)O[Si](C)(C)C(C)(C)C. The summed E-state index contributed by atoms with van der Waals surface area (Å²) in [7, 11) is -3.82. The number of aliphatic hydroxyl groups excluding tert-OH is 1. The molecule has 5 heteroatoms. The van der Waals surface area contributed by atoms with E-state index in [-0.39, 0.29) is 16.2 Å². The van der Waals surface area contributed by atoms with Crippen LogP contribution in [0.1, 0.15) is 100 Å². The molecule has 0 heterocycles. The highest BCUT2D eigenvalue weighted by molar-refractivity contribution is 6.74. The predicted octanol–water partition coefficient (Wildman–Crippen LogP) is 9.51. The van der Waals surface area contributed by atoms with E-state index in [9.17, 15) is 0 Å². The molecule has 6 atom stereocenters. The Morgan fingerprint density at radius 1 is 1.00 bits per heavy atom. The molecule has 0 aromatic heterocycles. The van der Waals surface area contributed by atoms with E-state index in [0.717, 1.165) is 25.7 Å². The van der Waals surface area contributed by atoms with E-state index >= 15 is 0 Å². The Morgan fingerprint density at radius 3 is 2.21 bits per heavy atom. The second-order valence-electron chi connectivity index (χ2n) is 15.5. The molecule has 39 heavy (non-hydrogen) atoms. The highest BCUT2D eigenvalue weighted by atomic mass is 28.4. The van der Waals surface area contributed by atoms with Gasteiger partial charge in [0.05, 0.1) is 12.2 Å². The van der Waals surface area contributed by atoms with E-state index in [1.54, 1.807) is 5.57 Å². The van der Waals surface area contributed by atoms with Gasteiger partial charge in [-0.05, 0) is 99.5 Å². The number of aliphatic hydroxyl groups is 1. The topological polar surface area (TPSA) is 38.7 Å². The van der Waals surface area contributed by atoms with Crippen molar-refractivity contribution in [2.24, 2.45) is 23.7 Å². The first-order valence-electron chi connectivity index (χ1n) is 15.7. The molecule has 2 rings (SSSR count). The molecule has 0 aromatic carbocycles. The van der Waals surface area contributed by atoms with Gasteiger partial charge in [0, 0.05) is 18.9 Å². The van der Waals surface area contributed by atoms with Crippen LogP contribution >= 0.6 is 0 Å². The third kappa shape index (κ3) is 9.43. The van der Waals surface area contributed by atoms with Gasteiger partial charge in [0.2, 0.25) is 0 Å². The number of rotatable bonds is 12. The zero-order valence-corrected chi connectivity index (χ0v) is 29.6. The van der Waals surface area contributed by atoms with E-state index in [1.807, 2.05) is 6.92 Å². The summed E-state index contributed by atoms with van der Waals surface area (Å²) in [4.78, 5) is 0. The average Bonchev–Trinajstić information content (AvgIpc) is 3.33. The number of allylic oxidation sites excluding steroid dienone is 2. The van der Waals surface area contributed by atoms with Gasteiger partial charge in [-0.25, -0.2) is 0 Å². The first-order chi connectivity index (χ1) is 17.9. The van der Waals surface area contributed by atoms with E-state index < -0.39 is 16.6 Å². The van der Waals surface area contributed by atoms with Gasteiger partial charge >= 0.3 is 0 Å². The van der Waals surface area contributed by atoms with Crippen LogP contribution in [0.4, 0.5) is 0 Å². The summed E-state index contributed by atoms with van der Waals surface area (Å²) in [6, 6.07) is 0. The Hall–Kier alpha value is -0.646. The van der Waals surface area contributed by atoms with Crippen molar-refractivity contribution in [3.8, 4) is 11.8 Å². The molecule has 3 nitrogen and oxygen atoms in total. The van der Waals surface area contributed by atoms with Gasteiger partial charge in [0.25, 0.3) is 0 Å². The largest absolute Gasteiger partial charge is 0.413 e. The normalized spacial score (nSPS) is 27.1. The van der Waals surface area contributed by atoms with Gasteiger partial charge in [0.15, 0.2) is 16.6 Å². The summed E-state index contributed by atoms with van der Waals surface area (Å²) in [5.41, 5.74) is 1.63. The van der Waals surface area contributed by atoms with Crippen molar-refractivity contribution < 1.29 is 14.0 Å². The molecule has 2 aliphatic rings. The third-order valence-corrected chi connectivity index (χ3v) is 19.3. The Bertz CT molecular complexity index is 894. The van der Waals surface area contributed by atoms with E-state index in [2.05, 4.69) is 105 Å². The molecular formula is C34H62O3Si2. The summed E-state index contributed by atoms with van der Waals surface area (Å²) < 4.78 is 14.2. The Balaban J connectivity index is 2.36. The zero-order chi connectivity index (χ0) is 29.6. The molecular weight excluding hydrogens is 513 g/mol. The maximum atomic E-state index is 9.15. The highest BCUT2D eigenvalue weighted by Gasteiger charge is 2.50. The second kappa shape index (κ2) is 14.0. The minimum absolute atomic E-state index is 0.0780. The van der Waals surface area contributed by atoms with Crippen LogP contribution in [0.3, 0.4) is 0 Å². The van der Waals surface area contributed by atoms with Gasteiger partial charge in [-0.1, -0.05) is 72.3 Å². The minimum Gasteiger partial charge on any atom is -0.413 e. The van der Waals surface area contributed by atoms with Crippen LogP contribution < -0.4 is 0 Å². The standard InChI is InChI=1S/C34H62O3Si2/c1-13-14-18-26(2)31(36-38(9,10)33(3,4)5)21-20-29-30-24-27(19-16-15-17-22-35)23-28(30)25-32(29)37-39(11,12)34(6,7)8/h19-21,26,28-32,35H,15-18,22-25H2,1-12H3/b21-20+,27-19+/t26?,28-,29+,30-,31+,32+/m0/s1. The fourth-order valence-corrected chi connectivity index (χ4v) is 8.35. The van der Waals surface area contributed by atoms with Crippen LogP contribution in [0.2, 0.25) is 36.3 Å². The van der Waals surface area contributed by atoms with Crippen molar-refractivity contribution in [2.45, 2.75) is 149 Å². The number of unbranched alkanes of at least 4 members (excludes halogenated alkanes) is 2. The number of hydrogen-bond acceptors (Lipinski definition) is 3. The van der Waals surface area contributed by atoms with Crippen LogP contribution in [0.25, 0.3) is 0 Å². The maximum absolute atomic E-state index is 9.15. The Labute approximate surface area is 244 Å². The minimum atomic E-state index is -1.94. The van der Waals surface area contributed by atoms with Gasteiger partial charge in [-0.3, -0.25) is 0 Å². The van der Waals surface area contributed by atoms with Gasteiger partial charge < -0.3 is 14.0 Å². The molecule has 1 N–H and O–H groups in total. The van der Waals surface area contributed by atoms with E-state index in [4.69, 9.17) is 14.0 Å². The maximum Gasteiger partial charge on any atom is 0.192 e. The molecule has 2 aliphatic carbocycles. The predicted molar refractivity (Wildman–Crippen MR) is 174 cm³/mol. The first-order valence-corrected chi connectivity index (χ1v) is 21.5. The quantitative estimate of drug-likeness (QED) is 0.109. The molecule has 0 aliphatic heterocycles. The molecule has 0 bridgehead atoms. The highest BCUT2D eigenvalue weighted by Crippen LogP contribution is 2.53. The van der Waals surface area contributed by atoms with Crippen molar-refractivity contribution >= 4 is 16.6 Å². The van der Waals surface area contributed by atoms with Crippen LogP contribution in [0, 0.1) is 35.5 Å². The lowest BCUT2D eigenvalue weighted by molar-refractivity contribution is 0.144. The fraction of sp³-hybridized carbons (Fsp3) is 0.824. The third-order valence-electron chi connectivity index (χ3n) is 10.3. The smallest absolute Gasteiger partial charge is 0.192 e. The van der Waals surface area contributed by atoms with E-state index in [1.165, 1.54) is 19.3 Å². The second-order valence-corrected chi connectivity index (χ2v) is 25.0. The molecule has 1 unspecified atom stereocenters. The van der Waals surface area contributed by atoms with Gasteiger partial charge in [-0.15, -0.1) is 11.8 Å². The van der Waals surface area contributed by atoms with Crippen LogP contribution in [0.5, 0.6) is 0 Å². The van der Waals surface area contributed by atoms with Crippen molar-refractivity contribution in [3.05, 3.63) is 23.8 Å². The monoisotopic (exact) mass is 574 g/mol. The molecule has 0 saturated heterocycles. The zero-order valence-electron chi connectivity index (χ0n) is 27.6. The summed E-state index contributed by atoms with van der Waals surface area (Å²) in [6.07, 6.45) is 15.3. The van der Waals surface area contributed by atoms with Crippen molar-refractivity contribution in [1.29, 1.82) is 0 Å². The van der Waals surface area contributed by atoms with Gasteiger partial charge in [0.1, 0.15) is 0 Å². The lowest BCUT2D eigenvalue weighted by Crippen LogP contribution is -2.45. The summed E-state index contributed by atoms with van der Waals surface area (Å²) in [5.74, 6) is 8.56. The van der Waals surface area contributed by atoms with Gasteiger partial charge in [-0.2, -0.15) is 0 Å². The van der Waals surface area contributed by atoms with Crippen LogP contribution in [0.15, 0.2) is 23.8 Å². The molecule has 2 saturated carbocycles. The molecule has 0 radical (unpaired) electrons. The molecule has 2 fully saturated rings. The van der Waals surface area contributed by atoms with Crippen molar-refractivity contribution in [1.82, 2.24) is 0 Å². The average molecular weight is 575 g/mol. The lowest BCUT2D eigenvalue weighted by Gasteiger charge is -2.41. The van der Waals surface area contributed by atoms with Crippen molar-refractivity contribution in [3.63, 3.8) is 0 Å². The Kier molecular flexibility index (Phi) is 12.4. The summed E-state index contributed by atoms with van der Waals surface area (Å²) in [6.45, 7) is 28.1. The van der Waals surface area contributed by atoms with Crippen LogP contribution in [-0.2, 0) is 8.85 Å². The number of hydrogen-bond donors (Lipinski definition) is 1. The van der Waals surface area contributed by atoms with Crippen molar-refractivity contribution in [2.75, 3.05) is 6.61 Å². The van der Waals surface area contributed by atoms with E-state index in [0.29, 0.717) is 36.4 Å². The molecule has 0 spiro atoms. The fourth-order valence-electron chi connectivity index (χ4n) is 5.64. The molecule has 0 aromatic rings. The van der Waals surface area contributed by atoms with Crippen LogP contribution in [-0.4, -0.2) is 40.6 Å². The molecule has 224 valence electrons. The number of fused-ring (bicyclic) bond motifs is 1. The Morgan fingerprint density at radius 2 is 1.64 bits per heavy atom.